The average molecular weight is 340 g/mol. The van der Waals surface area contributed by atoms with Crippen LogP contribution >= 0.6 is 0 Å². The number of hydrogen-bond acceptors (Lipinski definition) is 4. The molecule has 1 aliphatic rings. The quantitative estimate of drug-likeness (QED) is 0.825. The Labute approximate surface area is 148 Å². The fraction of sp³-hybridized carbons (Fsp3) is 0.333. The van der Waals surface area contributed by atoms with Gasteiger partial charge in [-0.3, -0.25) is 0 Å². The summed E-state index contributed by atoms with van der Waals surface area (Å²) in [4.78, 5) is 0. The van der Waals surface area contributed by atoms with Crippen molar-refractivity contribution >= 4 is 6.08 Å². The van der Waals surface area contributed by atoms with Gasteiger partial charge in [0.1, 0.15) is 6.10 Å². The van der Waals surface area contributed by atoms with Gasteiger partial charge in [0.05, 0.1) is 14.2 Å². The van der Waals surface area contributed by atoms with Gasteiger partial charge in [0, 0.05) is 11.5 Å². The van der Waals surface area contributed by atoms with Crippen molar-refractivity contribution in [2.24, 2.45) is 0 Å². The molecule has 0 aromatic heterocycles. The van der Waals surface area contributed by atoms with E-state index in [2.05, 4.69) is 32.1 Å². The first-order valence-electron chi connectivity index (χ1n) is 8.51. The van der Waals surface area contributed by atoms with Crippen LogP contribution in [0.3, 0.4) is 0 Å². The first-order valence-corrected chi connectivity index (χ1v) is 8.51. The van der Waals surface area contributed by atoms with Crippen LogP contribution in [0.5, 0.6) is 23.0 Å². The number of aromatic hydroxyl groups is 1. The molecule has 25 heavy (non-hydrogen) atoms. The predicted molar refractivity (Wildman–Crippen MR) is 98.8 cm³/mol. The van der Waals surface area contributed by atoms with E-state index < -0.39 is 0 Å². The molecule has 0 radical (unpaired) electrons. The number of ether oxygens (including phenoxy) is 3. The van der Waals surface area contributed by atoms with E-state index in [1.807, 2.05) is 18.2 Å². The summed E-state index contributed by atoms with van der Waals surface area (Å²) >= 11 is 0. The molecule has 132 valence electrons. The number of rotatable bonds is 5. The zero-order valence-electron chi connectivity index (χ0n) is 15.1. The lowest BCUT2D eigenvalue weighted by Gasteiger charge is -2.17. The Morgan fingerprint density at radius 3 is 2.56 bits per heavy atom. The lowest BCUT2D eigenvalue weighted by atomic mass is 9.91. The third-order valence-corrected chi connectivity index (χ3v) is 4.59. The topological polar surface area (TPSA) is 47.9 Å². The number of methoxy groups -OCH3 is 2. The molecule has 0 unspecified atom stereocenters. The minimum atomic E-state index is -0.149. The lowest BCUT2D eigenvalue weighted by molar-refractivity contribution is 0.207. The van der Waals surface area contributed by atoms with E-state index in [1.54, 1.807) is 20.3 Å². The smallest absolute Gasteiger partial charge is 0.165 e. The molecule has 1 aliphatic heterocycles. The van der Waals surface area contributed by atoms with Crippen LogP contribution in [0.25, 0.3) is 6.08 Å². The number of benzene rings is 2. The molecule has 4 nitrogen and oxygen atoms in total. The molecule has 2 aromatic carbocycles. The number of fused-ring (bicyclic) bond motifs is 1. The van der Waals surface area contributed by atoms with Gasteiger partial charge in [-0.05, 0) is 41.8 Å². The van der Waals surface area contributed by atoms with Crippen LogP contribution in [-0.4, -0.2) is 19.3 Å². The summed E-state index contributed by atoms with van der Waals surface area (Å²) in [5, 5.41) is 9.82. The molecule has 0 fully saturated rings. The summed E-state index contributed by atoms with van der Waals surface area (Å²) in [5.74, 6) is 2.27. The van der Waals surface area contributed by atoms with Crippen molar-refractivity contribution in [1.29, 1.82) is 0 Å². The Morgan fingerprint density at radius 2 is 1.88 bits per heavy atom. The Bertz CT molecular complexity index is 795. The molecular weight excluding hydrogens is 316 g/mol. The van der Waals surface area contributed by atoms with Gasteiger partial charge in [-0.15, -0.1) is 0 Å². The number of phenolic OH excluding ortho intramolecular Hbond substituents is 1. The molecule has 2 atom stereocenters. The molecule has 3 rings (SSSR count). The second kappa shape index (κ2) is 7.09. The second-order valence-corrected chi connectivity index (χ2v) is 6.21. The van der Waals surface area contributed by atoms with Crippen LogP contribution in [0.4, 0.5) is 0 Å². The van der Waals surface area contributed by atoms with Crippen LogP contribution in [-0.2, 0) is 0 Å². The van der Waals surface area contributed by atoms with Gasteiger partial charge >= 0.3 is 0 Å². The summed E-state index contributed by atoms with van der Waals surface area (Å²) in [6, 6.07) is 9.49. The van der Waals surface area contributed by atoms with Crippen LogP contribution < -0.4 is 14.2 Å². The van der Waals surface area contributed by atoms with E-state index in [9.17, 15) is 5.11 Å². The molecular formula is C21H24O4. The summed E-state index contributed by atoms with van der Waals surface area (Å²) in [6.07, 6.45) is 5.07. The Hall–Kier alpha value is -2.62. The maximum absolute atomic E-state index is 9.82. The molecule has 0 bridgehead atoms. The third-order valence-electron chi connectivity index (χ3n) is 4.59. The molecule has 1 heterocycles. The van der Waals surface area contributed by atoms with E-state index >= 15 is 0 Å². The van der Waals surface area contributed by atoms with Crippen LogP contribution in [0, 0.1) is 0 Å². The molecule has 0 aliphatic carbocycles. The largest absolute Gasteiger partial charge is 0.504 e. The van der Waals surface area contributed by atoms with Gasteiger partial charge in [-0.1, -0.05) is 32.1 Å². The second-order valence-electron chi connectivity index (χ2n) is 6.21. The maximum Gasteiger partial charge on any atom is 0.165 e. The molecule has 1 N–H and O–H groups in total. The monoisotopic (exact) mass is 340 g/mol. The molecule has 2 aromatic rings. The fourth-order valence-corrected chi connectivity index (χ4v) is 3.23. The Kier molecular flexibility index (Phi) is 4.88. The Morgan fingerprint density at radius 1 is 1.12 bits per heavy atom. The first-order chi connectivity index (χ1) is 12.1. The van der Waals surface area contributed by atoms with Crippen molar-refractivity contribution in [3.05, 3.63) is 53.1 Å². The van der Waals surface area contributed by atoms with Gasteiger partial charge < -0.3 is 19.3 Å². The highest BCUT2D eigenvalue weighted by molar-refractivity contribution is 5.62. The normalized spacial score (nSPS) is 18.9. The SMILES string of the molecule is CCC=Cc1cc(OC)c2c(c1)[C@@H](C)[C@@H](c1ccc(O)c(OC)c1)O2. The summed E-state index contributed by atoms with van der Waals surface area (Å²) in [7, 11) is 3.20. The zero-order chi connectivity index (χ0) is 18.0. The fourth-order valence-electron chi connectivity index (χ4n) is 3.23. The van der Waals surface area contributed by atoms with E-state index in [0.717, 1.165) is 34.6 Å². The molecule has 0 saturated carbocycles. The first kappa shape index (κ1) is 17.2. The van der Waals surface area contributed by atoms with E-state index in [4.69, 9.17) is 14.2 Å². The standard InChI is InChI=1S/C21H24O4/c1-5-6-7-14-10-16-13(2)20(25-21(16)19(11-14)24-4)15-8-9-17(22)18(12-15)23-3/h6-13,20,22H,5H2,1-4H3/t13-,20+/m1/s1. The van der Waals surface area contributed by atoms with Crippen molar-refractivity contribution < 1.29 is 19.3 Å². The predicted octanol–water partition coefficient (Wildman–Crippen LogP) is 5.07. The highest BCUT2D eigenvalue weighted by Crippen LogP contribution is 2.51. The number of phenols is 1. The molecule has 0 spiro atoms. The van der Waals surface area contributed by atoms with Gasteiger partial charge in [-0.2, -0.15) is 0 Å². The molecule has 4 heteroatoms. The number of hydrogen-bond donors (Lipinski definition) is 1. The van der Waals surface area contributed by atoms with E-state index in [1.165, 1.54) is 0 Å². The van der Waals surface area contributed by atoms with Crippen LogP contribution in [0.1, 0.15) is 49.0 Å². The van der Waals surface area contributed by atoms with Crippen molar-refractivity contribution in [1.82, 2.24) is 0 Å². The Balaban J connectivity index is 2.00. The molecule has 0 saturated heterocycles. The van der Waals surface area contributed by atoms with Gasteiger partial charge in [0.15, 0.2) is 23.0 Å². The molecule has 0 amide bonds. The lowest BCUT2D eigenvalue weighted by Crippen LogP contribution is -2.07. The highest BCUT2D eigenvalue weighted by atomic mass is 16.5. The van der Waals surface area contributed by atoms with Crippen LogP contribution in [0.15, 0.2) is 36.4 Å². The van der Waals surface area contributed by atoms with E-state index in [0.29, 0.717) is 5.75 Å². The minimum Gasteiger partial charge on any atom is -0.504 e. The van der Waals surface area contributed by atoms with E-state index in [-0.39, 0.29) is 17.8 Å². The maximum atomic E-state index is 9.82. The highest BCUT2D eigenvalue weighted by Gasteiger charge is 2.35. The van der Waals surface area contributed by atoms with Gasteiger partial charge in [-0.25, -0.2) is 0 Å². The van der Waals surface area contributed by atoms with Crippen molar-refractivity contribution in [3.63, 3.8) is 0 Å². The van der Waals surface area contributed by atoms with Crippen molar-refractivity contribution in [3.8, 4) is 23.0 Å². The summed E-state index contributed by atoms with van der Waals surface area (Å²) in [5.41, 5.74) is 3.20. The summed E-state index contributed by atoms with van der Waals surface area (Å²) in [6.45, 7) is 4.25. The minimum absolute atomic E-state index is 0.124. The van der Waals surface area contributed by atoms with Gasteiger partial charge in [0.2, 0.25) is 0 Å². The zero-order valence-corrected chi connectivity index (χ0v) is 15.1. The van der Waals surface area contributed by atoms with Crippen molar-refractivity contribution in [2.45, 2.75) is 32.3 Å². The van der Waals surface area contributed by atoms with Crippen molar-refractivity contribution in [2.75, 3.05) is 14.2 Å². The number of allylic oxidation sites excluding steroid dienone is 1. The van der Waals surface area contributed by atoms with Crippen LogP contribution in [0.2, 0.25) is 0 Å². The van der Waals surface area contributed by atoms with Gasteiger partial charge in [0.25, 0.3) is 0 Å². The third kappa shape index (κ3) is 3.16. The average Bonchev–Trinajstić information content (AvgIpc) is 2.96. The summed E-state index contributed by atoms with van der Waals surface area (Å²) < 4.78 is 17.0.